The summed E-state index contributed by atoms with van der Waals surface area (Å²) in [5.74, 6) is 0.799. The van der Waals surface area contributed by atoms with Gasteiger partial charge in [-0.3, -0.25) is 9.69 Å². The van der Waals surface area contributed by atoms with Crippen LogP contribution in [-0.2, 0) is 23.7 Å². The Morgan fingerprint density at radius 3 is 2.33 bits per heavy atom. The van der Waals surface area contributed by atoms with Crippen LogP contribution in [0.1, 0.15) is 133 Å². The zero-order chi connectivity index (χ0) is 34.7. The molecule has 2 N–H and O–H groups in total. The lowest BCUT2D eigenvalue weighted by Crippen LogP contribution is -2.60. The van der Waals surface area contributed by atoms with Crippen LogP contribution in [-0.4, -0.2) is 89.2 Å². The number of hydrogen-bond acceptors (Lipinski definition) is 8. The molecule has 13 atom stereocenters. The van der Waals surface area contributed by atoms with Crippen molar-refractivity contribution in [1.29, 1.82) is 0 Å². The SMILES string of the molecule is CCC1C(OC(C)C(OC(C)=O)C(C)(C)O)C(O)C2(C)C3CCC4C(C)(C)C(OC5CN(C6CCC6)CCO5)CCC45CC35CCC12C. The van der Waals surface area contributed by atoms with E-state index in [1.165, 1.54) is 51.9 Å². The molecule has 0 amide bonds. The lowest BCUT2D eigenvalue weighted by Gasteiger charge is -2.63. The van der Waals surface area contributed by atoms with Crippen LogP contribution in [0.15, 0.2) is 0 Å². The van der Waals surface area contributed by atoms with Crippen LogP contribution in [0.2, 0.25) is 0 Å². The maximum Gasteiger partial charge on any atom is 0.303 e. The van der Waals surface area contributed by atoms with Crippen molar-refractivity contribution >= 4 is 5.97 Å². The molecule has 0 radical (unpaired) electrons. The second kappa shape index (κ2) is 11.9. The summed E-state index contributed by atoms with van der Waals surface area (Å²) in [6, 6.07) is 0.728. The summed E-state index contributed by atoms with van der Waals surface area (Å²) in [4.78, 5) is 14.6. The Balaban J connectivity index is 1.11. The maximum absolute atomic E-state index is 12.6. The van der Waals surface area contributed by atoms with Crippen molar-refractivity contribution in [2.45, 2.75) is 181 Å². The van der Waals surface area contributed by atoms with E-state index in [1.54, 1.807) is 13.8 Å². The van der Waals surface area contributed by atoms with E-state index in [1.807, 2.05) is 6.92 Å². The number of carbonyl (C=O) groups is 1. The molecular formula is C40H67NO7. The average molecular weight is 674 g/mol. The number of aliphatic hydroxyl groups is 2. The molecule has 2 spiro atoms. The van der Waals surface area contributed by atoms with E-state index in [4.69, 9.17) is 18.9 Å². The third-order valence-electron chi connectivity index (χ3n) is 16.5. The average Bonchev–Trinajstić information content (AvgIpc) is 3.61. The van der Waals surface area contributed by atoms with Crippen molar-refractivity contribution in [2.75, 3.05) is 19.7 Å². The molecule has 0 aromatic carbocycles. The first-order chi connectivity index (χ1) is 22.5. The predicted molar refractivity (Wildman–Crippen MR) is 184 cm³/mol. The van der Waals surface area contributed by atoms with Gasteiger partial charge < -0.3 is 29.2 Å². The first kappa shape index (κ1) is 35.6. The molecule has 7 rings (SSSR count). The normalized spacial score (nSPS) is 48.3. The van der Waals surface area contributed by atoms with Crippen LogP contribution in [0.5, 0.6) is 0 Å². The summed E-state index contributed by atoms with van der Waals surface area (Å²) >= 11 is 0. The van der Waals surface area contributed by atoms with Crippen LogP contribution < -0.4 is 0 Å². The third kappa shape index (κ3) is 4.98. The van der Waals surface area contributed by atoms with Gasteiger partial charge in [-0.1, -0.05) is 47.5 Å². The van der Waals surface area contributed by atoms with Crippen molar-refractivity contribution in [3.8, 4) is 0 Å². The number of rotatable bonds is 9. The summed E-state index contributed by atoms with van der Waals surface area (Å²) in [6.45, 7) is 21.3. The fourth-order valence-electron chi connectivity index (χ4n) is 13.9. The first-order valence-corrected chi connectivity index (χ1v) is 19.7. The number of fused-ring (bicyclic) bond motifs is 2. The van der Waals surface area contributed by atoms with Crippen LogP contribution in [0.3, 0.4) is 0 Å². The molecule has 274 valence electrons. The van der Waals surface area contributed by atoms with Gasteiger partial charge in [0, 0.05) is 31.5 Å². The number of aliphatic hydroxyl groups excluding tert-OH is 1. The van der Waals surface area contributed by atoms with E-state index in [0.29, 0.717) is 17.3 Å². The van der Waals surface area contributed by atoms with Crippen molar-refractivity contribution in [1.82, 2.24) is 4.90 Å². The number of ether oxygens (including phenoxy) is 4. The van der Waals surface area contributed by atoms with Gasteiger partial charge in [0.1, 0.15) is 0 Å². The number of carbonyl (C=O) groups excluding carboxylic acids is 1. The highest BCUT2D eigenvalue weighted by Crippen LogP contribution is 2.89. The lowest BCUT2D eigenvalue weighted by atomic mass is 9.41. The number of hydrogen-bond donors (Lipinski definition) is 2. The van der Waals surface area contributed by atoms with E-state index in [0.717, 1.165) is 51.4 Å². The number of morpholine rings is 1. The second-order valence-corrected chi connectivity index (χ2v) is 19.2. The zero-order valence-electron chi connectivity index (χ0n) is 31.6. The van der Waals surface area contributed by atoms with Crippen LogP contribution >= 0.6 is 0 Å². The maximum atomic E-state index is 12.6. The van der Waals surface area contributed by atoms with Crippen LogP contribution in [0.25, 0.3) is 0 Å². The van der Waals surface area contributed by atoms with Crippen LogP contribution in [0.4, 0.5) is 0 Å². The van der Waals surface area contributed by atoms with Gasteiger partial charge in [-0.15, -0.1) is 0 Å². The molecule has 7 aliphatic rings. The minimum atomic E-state index is -1.27. The zero-order valence-corrected chi connectivity index (χ0v) is 31.6. The van der Waals surface area contributed by atoms with Crippen molar-refractivity contribution in [3.63, 3.8) is 0 Å². The van der Waals surface area contributed by atoms with Gasteiger partial charge in [0.2, 0.25) is 0 Å². The fourth-order valence-corrected chi connectivity index (χ4v) is 13.9. The molecule has 48 heavy (non-hydrogen) atoms. The van der Waals surface area contributed by atoms with E-state index >= 15 is 0 Å². The Labute approximate surface area is 290 Å². The van der Waals surface area contributed by atoms with Gasteiger partial charge in [-0.2, -0.15) is 0 Å². The van der Waals surface area contributed by atoms with E-state index < -0.39 is 29.9 Å². The van der Waals surface area contributed by atoms with Crippen LogP contribution in [0, 0.1) is 44.8 Å². The standard InChI is InChI=1S/C40H67NO7/c1-10-27-32(46-24(2)34(36(6,7)44)47-25(3)42)33(43)38(9)29-15-14-28-35(4,5)30(48-31-22-41(20-21-45-31)26-12-11-13-26)16-17-39(28)23-40(29,39)19-18-37(27,38)8/h24,26-34,43-44H,10-23H2,1-9H3. The molecule has 13 unspecified atom stereocenters. The first-order valence-electron chi connectivity index (χ1n) is 19.7. The Bertz CT molecular complexity index is 1230. The highest BCUT2D eigenvalue weighted by molar-refractivity contribution is 5.66. The van der Waals surface area contributed by atoms with Gasteiger partial charge >= 0.3 is 5.97 Å². The largest absolute Gasteiger partial charge is 0.457 e. The summed E-state index contributed by atoms with van der Waals surface area (Å²) in [5, 5.41) is 23.5. The summed E-state index contributed by atoms with van der Waals surface area (Å²) in [7, 11) is 0. The van der Waals surface area contributed by atoms with E-state index in [2.05, 4.69) is 39.5 Å². The lowest BCUT2D eigenvalue weighted by molar-refractivity contribution is -0.252. The van der Waals surface area contributed by atoms with Gasteiger partial charge in [0.05, 0.1) is 36.6 Å². The van der Waals surface area contributed by atoms with Gasteiger partial charge in [-0.25, -0.2) is 0 Å². The Morgan fingerprint density at radius 1 is 1.02 bits per heavy atom. The molecule has 8 heteroatoms. The molecule has 7 fully saturated rings. The van der Waals surface area contributed by atoms with Gasteiger partial charge in [0.15, 0.2) is 12.4 Å². The fraction of sp³-hybridized carbons (Fsp3) is 0.975. The summed E-state index contributed by atoms with van der Waals surface area (Å²) in [6.07, 6.45) is 10.9. The molecule has 6 aliphatic carbocycles. The highest BCUT2D eigenvalue weighted by Gasteiger charge is 2.84. The topological polar surface area (TPSA) is 97.7 Å². The molecule has 1 aliphatic heterocycles. The molecule has 0 aromatic rings. The highest BCUT2D eigenvalue weighted by atomic mass is 16.7. The molecule has 0 bridgehead atoms. The smallest absolute Gasteiger partial charge is 0.303 e. The predicted octanol–water partition coefficient (Wildman–Crippen LogP) is 6.49. The Morgan fingerprint density at radius 2 is 1.71 bits per heavy atom. The van der Waals surface area contributed by atoms with Gasteiger partial charge in [0.25, 0.3) is 0 Å². The molecule has 6 saturated carbocycles. The van der Waals surface area contributed by atoms with Gasteiger partial charge in [-0.05, 0) is 118 Å². The third-order valence-corrected chi connectivity index (χ3v) is 16.5. The van der Waals surface area contributed by atoms with E-state index in [-0.39, 0.29) is 46.1 Å². The minimum absolute atomic E-state index is 0.0653. The van der Waals surface area contributed by atoms with Crippen molar-refractivity contribution in [3.05, 3.63) is 0 Å². The minimum Gasteiger partial charge on any atom is -0.457 e. The molecule has 1 saturated heterocycles. The van der Waals surface area contributed by atoms with E-state index in [9.17, 15) is 15.0 Å². The Hall–Kier alpha value is -0.770. The summed E-state index contributed by atoms with van der Waals surface area (Å²) in [5.41, 5.74) is -0.959. The monoisotopic (exact) mass is 673 g/mol. The quantitative estimate of drug-likeness (QED) is 0.268. The Kier molecular flexibility index (Phi) is 8.82. The summed E-state index contributed by atoms with van der Waals surface area (Å²) < 4.78 is 25.6. The molecule has 8 nitrogen and oxygen atoms in total. The van der Waals surface area contributed by atoms with Crippen molar-refractivity contribution in [2.24, 2.45) is 44.8 Å². The number of esters is 1. The number of nitrogens with zero attached hydrogens (tertiary/aromatic N) is 1. The molecular weight excluding hydrogens is 606 g/mol. The second-order valence-electron chi connectivity index (χ2n) is 19.2. The molecule has 1 heterocycles. The van der Waals surface area contributed by atoms with Crippen molar-refractivity contribution < 1.29 is 34.0 Å². The molecule has 0 aromatic heterocycles.